The monoisotopic (exact) mass is 359 g/mol. The Kier molecular flexibility index (Phi) is 5.26. The molecule has 0 atom stereocenters. The number of rotatable bonds is 7. The summed E-state index contributed by atoms with van der Waals surface area (Å²) in [5.41, 5.74) is 0.850. The summed E-state index contributed by atoms with van der Waals surface area (Å²) in [7, 11) is 0. The lowest BCUT2D eigenvalue weighted by Gasteiger charge is -2.17. The number of aromatic amines is 1. The Balaban J connectivity index is 1.62. The molecule has 3 aromatic rings. The van der Waals surface area contributed by atoms with Crippen molar-refractivity contribution in [2.45, 2.75) is 27.0 Å². The van der Waals surface area contributed by atoms with Crippen molar-refractivity contribution in [3.63, 3.8) is 0 Å². The zero-order chi connectivity index (χ0) is 18.5. The largest absolute Gasteiger partial charge is 0.487 e. The van der Waals surface area contributed by atoms with Crippen molar-refractivity contribution in [1.29, 1.82) is 0 Å². The van der Waals surface area contributed by atoms with E-state index < -0.39 is 0 Å². The summed E-state index contributed by atoms with van der Waals surface area (Å²) in [6.07, 6.45) is 0. The Morgan fingerprint density at radius 1 is 1.38 bits per heavy atom. The van der Waals surface area contributed by atoms with E-state index in [2.05, 4.69) is 20.3 Å². The van der Waals surface area contributed by atoms with E-state index in [1.165, 1.54) is 12.1 Å². The van der Waals surface area contributed by atoms with Crippen LogP contribution in [0.4, 0.5) is 4.39 Å². The first-order chi connectivity index (χ1) is 12.5. The van der Waals surface area contributed by atoms with Gasteiger partial charge < -0.3 is 14.2 Å². The molecule has 0 saturated carbocycles. The van der Waals surface area contributed by atoms with E-state index in [1.807, 2.05) is 6.92 Å². The van der Waals surface area contributed by atoms with E-state index >= 15 is 0 Å². The van der Waals surface area contributed by atoms with E-state index in [0.717, 1.165) is 0 Å². The molecule has 0 aliphatic heterocycles. The molecule has 2 heterocycles. The van der Waals surface area contributed by atoms with Crippen molar-refractivity contribution in [1.82, 2.24) is 25.2 Å². The maximum atomic E-state index is 13.1. The van der Waals surface area contributed by atoms with Crippen molar-refractivity contribution in [3.8, 4) is 5.75 Å². The minimum atomic E-state index is -0.377. The lowest BCUT2D eigenvalue weighted by molar-refractivity contribution is 0.0728. The fraction of sp³-hybridized carbons (Fsp3) is 0.294. The number of halogens is 1. The molecular weight excluding hydrogens is 341 g/mol. The number of carbonyl (C=O) groups is 1. The van der Waals surface area contributed by atoms with Crippen LogP contribution in [0.1, 0.15) is 34.8 Å². The van der Waals surface area contributed by atoms with Crippen LogP contribution in [0.5, 0.6) is 5.75 Å². The molecular formula is C17H18FN5O3. The summed E-state index contributed by atoms with van der Waals surface area (Å²) in [6.45, 7) is 4.37. The van der Waals surface area contributed by atoms with Crippen molar-refractivity contribution >= 4 is 5.91 Å². The third-order valence-electron chi connectivity index (χ3n) is 3.61. The van der Waals surface area contributed by atoms with Gasteiger partial charge in [-0.25, -0.2) is 4.39 Å². The molecule has 0 spiro atoms. The second-order valence-corrected chi connectivity index (χ2v) is 5.58. The van der Waals surface area contributed by atoms with Gasteiger partial charge in [0, 0.05) is 12.6 Å². The fourth-order valence-electron chi connectivity index (χ4n) is 2.32. The van der Waals surface area contributed by atoms with E-state index in [-0.39, 0.29) is 30.6 Å². The Labute approximate surface area is 149 Å². The molecule has 0 unspecified atom stereocenters. The van der Waals surface area contributed by atoms with Gasteiger partial charge in [0.1, 0.15) is 24.7 Å². The number of carbonyl (C=O) groups excluding carboxylic acids is 1. The number of nitrogens with one attached hydrogen (secondary N) is 1. The maximum Gasteiger partial charge on any atom is 0.274 e. The molecule has 0 saturated heterocycles. The number of aromatic nitrogens is 4. The van der Waals surface area contributed by atoms with Crippen LogP contribution in [-0.4, -0.2) is 37.7 Å². The molecule has 8 nitrogen and oxygen atoms in total. The smallest absolute Gasteiger partial charge is 0.274 e. The van der Waals surface area contributed by atoms with Crippen LogP contribution in [0.2, 0.25) is 0 Å². The van der Waals surface area contributed by atoms with E-state index in [1.54, 1.807) is 30.0 Å². The van der Waals surface area contributed by atoms with Gasteiger partial charge in [0.15, 0.2) is 11.5 Å². The normalized spacial score (nSPS) is 10.7. The number of aryl methyl sites for hydroxylation is 1. The third-order valence-corrected chi connectivity index (χ3v) is 3.61. The van der Waals surface area contributed by atoms with Gasteiger partial charge in [-0.2, -0.15) is 10.1 Å². The molecule has 1 N–H and O–H groups in total. The SMILES string of the molecule is CCN(Cc1nc(C)no1)C(=O)c1cc(COc2cccc(F)c2)[nH]n1. The molecule has 1 amide bonds. The fourth-order valence-corrected chi connectivity index (χ4v) is 2.32. The highest BCUT2D eigenvalue weighted by atomic mass is 19.1. The second-order valence-electron chi connectivity index (χ2n) is 5.58. The third kappa shape index (κ3) is 4.24. The number of H-pyrrole nitrogens is 1. The Morgan fingerprint density at radius 3 is 2.92 bits per heavy atom. The summed E-state index contributed by atoms with van der Waals surface area (Å²) in [4.78, 5) is 18.2. The quantitative estimate of drug-likeness (QED) is 0.696. The Morgan fingerprint density at radius 2 is 2.23 bits per heavy atom. The van der Waals surface area contributed by atoms with Crippen molar-refractivity contribution < 1.29 is 18.4 Å². The summed E-state index contributed by atoms with van der Waals surface area (Å²) in [5, 5.41) is 10.5. The lowest BCUT2D eigenvalue weighted by Crippen LogP contribution is -2.30. The van der Waals surface area contributed by atoms with Gasteiger partial charge in [-0.15, -0.1) is 0 Å². The standard InChI is InChI=1S/C17H18FN5O3/c1-3-23(9-16-19-11(2)22-26-16)17(24)15-8-13(20-21-15)10-25-14-6-4-5-12(18)7-14/h4-8H,3,9-10H2,1-2H3,(H,20,21). The molecule has 2 aromatic heterocycles. The number of nitrogens with zero attached hydrogens (tertiary/aromatic N) is 4. The predicted octanol–water partition coefficient (Wildman–Crippen LogP) is 2.48. The Bertz CT molecular complexity index is 892. The number of amides is 1. The number of ether oxygens (including phenoxy) is 1. The molecule has 3 rings (SSSR count). The van der Waals surface area contributed by atoms with Crippen LogP contribution in [0.25, 0.3) is 0 Å². The van der Waals surface area contributed by atoms with Gasteiger partial charge in [0.2, 0.25) is 5.89 Å². The van der Waals surface area contributed by atoms with Crippen LogP contribution in [0.15, 0.2) is 34.9 Å². The van der Waals surface area contributed by atoms with Crippen LogP contribution >= 0.6 is 0 Å². The van der Waals surface area contributed by atoms with Crippen LogP contribution in [0.3, 0.4) is 0 Å². The van der Waals surface area contributed by atoms with Crippen LogP contribution < -0.4 is 4.74 Å². The van der Waals surface area contributed by atoms with E-state index in [4.69, 9.17) is 9.26 Å². The van der Waals surface area contributed by atoms with Gasteiger partial charge in [0.25, 0.3) is 5.91 Å². The summed E-state index contributed by atoms with van der Waals surface area (Å²) in [5.74, 6) is 0.631. The van der Waals surface area contributed by atoms with Gasteiger partial charge >= 0.3 is 0 Å². The summed E-state index contributed by atoms with van der Waals surface area (Å²) >= 11 is 0. The lowest BCUT2D eigenvalue weighted by atomic mass is 10.3. The van der Waals surface area contributed by atoms with E-state index in [0.29, 0.717) is 29.7 Å². The van der Waals surface area contributed by atoms with Crippen molar-refractivity contribution in [3.05, 3.63) is 59.3 Å². The van der Waals surface area contributed by atoms with Gasteiger partial charge in [-0.05, 0) is 32.0 Å². The minimum Gasteiger partial charge on any atom is -0.487 e. The zero-order valence-corrected chi connectivity index (χ0v) is 14.4. The highest BCUT2D eigenvalue weighted by Gasteiger charge is 2.20. The number of hydrogen-bond donors (Lipinski definition) is 1. The second kappa shape index (κ2) is 7.77. The molecule has 136 valence electrons. The molecule has 9 heteroatoms. The molecule has 0 aliphatic carbocycles. The average Bonchev–Trinajstić information content (AvgIpc) is 3.26. The van der Waals surface area contributed by atoms with Crippen molar-refractivity contribution in [2.24, 2.45) is 0 Å². The molecule has 0 aliphatic rings. The van der Waals surface area contributed by atoms with Gasteiger partial charge in [-0.3, -0.25) is 9.89 Å². The van der Waals surface area contributed by atoms with Gasteiger partial charge in [0.05, 0.1) is 5.69 Å². The highest BCUT2D eigenvalue weighted by molar-refractivity contribution is 5.92. The number of benzene rings is 1. The molecule has 1 aromatic carbocycles. The first kappa shape index (κ1) is 17.6. The van der Waals surface area contributed by atoms with E-state index in [9.17, 15) is 9.18 Å². The molecule has 26 heavy (non-hydrogen) atoms. The van der Waals surface area contributed by atoms with Crippen LogP contribution in [-0.2, 0) is 13.2 Å². The first-order valence-corrected chi connectivity index (χ1v) is 8.06. The van der Waals surface area contributed by atoms with Gasteiger partial charge in [-0.1, -0.05) is 11.2 Å². The highest BCUT2D eigenvalue weighted by Crippen LogP contribution is 2.14. The topological polar surface area (TPSA) is 97.1 Å². The first-order valence-electron chi connectivity index (χ1n) is 8.06. The summed E-state index contributed by atoms with van der Waals surface area (Å²) < 4.78 is 23.7. The Hall–Kier alpha value is -3.23. The maximum absolute atomic E-state index is 13.1. The average molecular weight is 359 g/mol. The minimum absolute atomic E-state index is 0.138. The molecule has 0 bridgehead atoms. The predicted molar refractivity (Wildman–Crippen MR) is 88.8 cm³/mol. The molecule has 0 fully saturated rings. The van der Waals surface area contributed by atoms with Crippen LogP contribution in [0, 0.1) is 12.7 Å². The number of hydrogen-bond acceptors (Lipinski definition) is 6. The molecule has 0 radical (unpaired) electrons. The van der Waals surface area contributed by atoms with Crippen molar-refractivity contribution in [2.75, 3.05) is 6.54 Å². The summed E-state index contributed by atoms with van der Waals surface area (Å²) in [6, 6.07) is 7.43. The zero-order valence-electron chi connectivity index (χ0n) is 14.4.